The van der Waals surface area contributed by atoms with Gasteiger partial charge in [0.15, 0.2) is 11.5 Å². The van der Waals surface area contributed by atoms with Crippen LogP contribution >= 0.6 is 11.8 Å². The van der Waals surface area contributed by atoms with E-state index >= 15 is 0 Å². The number of nitrogens with one attached hydrogen (secondary N) is 3. The number of benzene rings is 4. The fourth-order valence-corrected chi connectivity index (χ4v) is 5.39. The Morgan fingerprint density at radius 3 is 2.04 bits per heavy atom. The molecule has 4 aromatic carbocycles. The highest BCUT2D eigenvalue weighted by Gasteiger charge is 2.19. The quantitative estimate of drug-likeness (QED) is 0.115. The van der Waals surface area contributed by atoms with Gasteiger partial charge in [0.2, 0.25) is 5.91 Å². The number of hydrogen-bond donors (Lipinski definition) is 3. The topological polar surface area (TPSA) is 115 Å². The summed E-state index contributed by atoms with van der Waals surface area (Å²) in [5, 5.41) is 8.21. The van der Waals surface area contributed by atoms with Crippen LogP contribution in [0.2, 0.25) is 0 Å². The lowest BCUT2D eigenvalue weighted by atomic mass is 10.1. The van der Waals surface area contributed by atoms with Gasteiger partial charge in [0.25, 0.3) is 11.8 Å². The molecule has 3 N–H and O–H groups in total. The van der Waals surface area contributed by atoms with Crippen LogP contribution in [-0.4, -0.2) is 44.3 Å². The van der Waals surface area contributed by atoms with Crippen molar-refractivity contribution < 1.29 is 28.6 Å². The number of rotatable bonds is 12. The van der Waals surface area contributed by atoms with Gasteiger partial charge < -0.3 is 30.2 Å². The molecular weight excluding hydrogens is 602 g/mol. The Labute approximate surface area is 273 Å². The first-order valence-corrected chi connectivity index (χ1v) is 15.3. The number of amides is 3. The van der Waals surface area contributed by atoms with E-state index in [0.29, 0.717) is 34.1 Å². The van der Waals surface area contributed by atoms with Gasteiger partial charge in [-0.1, -0.05) is 35.9 Å². The number of methoxy groups -OCH3 is 3. The van der Waals surface area contributed by atoms with Gasteiger partial charge in [-0.3, -0.25) is 14.4 Å². The minimum absolute atomic E-state index is 0.0190. The van der Waals surface area contributed by atoms with E-state index in [9.17, 15) is 14.4 Å². The fourth-order valence-electron chi connectivity index (χ4n) is 4.52. The zero-order valence-electron chi connectivity index (χ0n) is 26.6. The lowest BCUT2D eigenvalue weighted by molar-refractivity contribution is -0.115. The number of carbonyl (C=O) groups is 3. The number of aryl methyl sites for hydroxylation is 2. The van der Waals surface area contributed by atoms with Crippen molar-refractivity contribution in [3.63, 3.8) is 0 Å². The predicted molar refractivity (Wildman–Crippen MR) is 183 cm³/mol. The third-order valence-corrected chi connectivity index (χ3v) is 8.11. The Balaban J connectivity index is 1.52. The first-order valence-electron chi connectivity index (χ1n) is 14.5. The minimum atomic E-state index is -0.553. The third kappa shape index (κ3) is 8.70. The summed E-state index contributed by atoms with van der Waals surface area (Å²) >= 11 is 1.40. The Bertz CT molecular complexity index is 1740. The second-order valence-electron chi connectivity index (χ2n) is 10.4. The summed E-state index contributed by atoms with van der Waals surface area (Å²) in [4.78, 5) is 40.4. The molecule has 0 heterocycles. The summed E-state index contributed by atoms with van der Waals surface area (Å²) < 4.78 is 16.3. The summed E-state index contributed by atoms with van der Waals surface area (Å²) in [5.41, 5.74) is 4.28. The Hall–Kier alpha value is -5.22. The van der Waals surface area contributed by atoms with Crippen LogP contribution in [0.4, 0.5) is 11.4 Å². The molecule has 10 heteroatoms. The highest BCUT2D eigenvalue weighted by atomic mass is 32.2. The predicted octanol–water partition coefficient (Wildman–Crippen LogP) is 6.86. The average Bonchev–Trinajstić information content (AvgIpc) is 3.06. The lowest BCUT2D eigenvalue weighted by Gasteiger charge is -2.15. The molecule has 0 radical (unpaired) electrons. The fraction of sp³-hybridized carbons (Fsp3) is 0.194. The molecule has 0 spiro atoms. The van der Waals surface area contributed by atoms with Crippen molar-refractivity contribution in [2.24, 2.45) is 0 Å². The maximum Gasteiger partial charge on any atom is 0.272 e. The molecule has 238 valence electrons. The van der Waals surface area contributed by atoms with Crippen LogP contribution in [0.25, 0.3) is 6.08 Å². The van der Waals surface area contributed by atoms with Gasteiger partial charge >= 0.3 is 0 Å². The lowest BCUT2D eigenvalue weighted by Crippen LogP contribution is -2.30. The molecule has 4 rings (SSSR count). The molecule has 3 amide bonds. The van der Waals surface area contributed by atoms with Crippen molar-refractivity contribution in [3.05, 3.63) is 113 Å². The van der Waals surface area contributed by atoms with Crippen LogP contribution in [0.1, 0.15) is 34.0 Å². The zero-order chi connectivity index (χ0) is 33.2. The molecule has 4 aromatic rings. The molecule has 1 unspecified atom stereocenters. The first-order chi connectivity index (χ1) is 22.1. The van der Waals surface area contributed by atoms with E-state index in [4.69, 9.17) is 14.2 Å². The van der Waals surface area contributed by atoms with E-state index in [1.807, 2.05) is 51.1 Å². The highest BCUT2D eigenvalue weighted by Crippen LogP contribution is 2.36. The highest BCUT2D eigenvalue weighted by molar-refractivity contribution is 8.00. The number of thioether (sulfide) groups is 1. The summed E-state index contributed by atoms with van der Waals surface area (Å²) in [6, 6.07) is 24.9. The Kier molecular flexibility index (Phi) is 11.5. The van der Waals surface area contributed by atoms with Crippen molar-refractivity contribution in [2.45, 2.75) is 30.9 Å². The van der Waals surface area contributed by atoms with E-state index in [0.717, 1.165) is 21.7 Å². The van der Waals surface area contributed by atoms with Crippen LogP contribution < -0.4 is 30.2 Å². The molecule has 0 aliphatic heterocycles. The molecule has 0 aliphatic rings. The van der Waals surface area contributed by atoms with Gasteiger partial charge in [0, 0.05) is 33.5 Å². The molecule has 0 aromatic heterocycles. The van der Waals surface area contributed by atoms with Crippen molar-refractivity contribution >= 4 is 46.9 Å². The summed E-state index contributed by atoms with van der Waals surface area (Å²) in [5.74, 6) is 0.168. The van der Waals surface area contributed by atoms with Crippen LogP contribution in [0.5, 0.6) is 17.2 Å². The summed E-state index contributed by atoms with van der Waals surface area (Å²) in [7, 11) is 4.51. The number of ether oxygens (including phenoxy) is 3. The molecule has 1 atom stereocenters. The first kappa shape index (κ1) is 33.7. The van der Waals surface area contributed by atoms with Gasteiger partial charge in [0.05, 0.1) is 26.6 Å². The summed E-state index contributed by atoms with van der Waals surface area (Å²) in [6.07, 6.45) is 1.51. The van der Waals surface area contributed by atoms with Gasteiger partial charge in [0.1, 0.15) is 11.4 Å². The van der Waals surface area contributed by atoms with Gasteiger partial charge in [-0.15, -0.1) is 11.8 Å². The normalized spacial score (nSPS) is 11.7. The van der Waals surface area contributed by atoms with E-state index in [2.05, 4.69) is 16.0 Å². The van der Waals surface area contributed by atoms with E-state index in [-0.39, 0.29) is 16.9 Å². The number of anilines is 2. The molecule has 0 bridgehead atoms. The van der Waals surface area contributed by atoms with Crippen molar-refractivity contribution in [1.82, 2.24) is 5.32 Å². The van der Waals surface area contributed by atoms with Crippen LogP contribution in [0, 0.1) is 13.8 Å². The Morgan fingerprint density at radius 1 is 0.761 bits per heavy atom. The molecule has 0 aliphatic carbocycles. The van der Waals surface area contributed by atoms with Gasteiger partial charge in [-0.2, -0.15) is 0 Å². The maximum absolute atomic E-state index is 13.6. The Morgan fingerprint density at radius 2 is 1.41 bits per heavy atom. The van der Waals surface area contributed by atoms with Gasteiger partial charge in [-0.05, 0) is 80.9 Å². The molecule has 0 saturated heterocycles. The molecule has 46 heavy (non-hydrogen) atoms. The number of hydrogen-bond acceptors (Lipinski definition) is 7. The number of carbonyl (C=O) groups excluding carboxylic acids is 3. The average molecular weight is 640 g/mol. The van der Waals surface area contributed by atoms with Gasteiger partial charge in [-0.25, -0.2) is 0 Å². The summed E-state index contributed by atoms with van der Waals surface area (Å²) in [6.45, 7) is 5.82. The monoisotopic (exact) mass is 639 g/mol. The van der Waals surface area contributed by atoms with Crippen molar-refractivity contribution in [3.8, 4) is 17.2 Å². The van der Waals surface area contributed by atoms with E-state index < -0.39 is 11.8 Å². The standard InChI is InChI=1S/C36H37N3O6S/c1-22-12-17-29(23(2)18-22)38-34(40)24(3)46-28-15-13-27(14-16-28)37-36(42)30(39-35(41)25-10-8-7-9-11-25)19-26-20-32(44-5)33(45-6)21-31(26)43-4/h7-21,24H,1-6H3,(H,37,42)(H,38,40)(H,39,41)/b30-19-. The molecule has 9 nitrogen and oxygen atoms in total. The molecule has 0 fully saturated rings. The second-order valence-corrected chi connectivity index (χ2v) is 11.8. The molecule has 0 saturated carbocycles. The van der Waals surface area contributed by atoms with Crippen LogP contribution in [0.3, 0.4) is 0 Å². The third-order valence-electron chi connectivity index (χ3n) is 7.00. The van der Waals surface area contributed by atoms with E-state index in [1.165, 1.54) is 39.2 Å². The largest absolute Gasteiger partial charge is 0.496 e. The van der Waals surface area contributed by atoms with Crippen molar-refractivity contribution in [1.29, 1.82) is 0 Å². The maximum atomic E-state index is 13.6. The van der Waals surface area contributed by atoms with Crippen LogP contribution in [0.15, 0.2) is 95.5 Å². The SMILES string of the molecule is COc1cc(OC)c(OC)cc1/C=C(\NC(=O)c1ccccc1)C(=O)Nc1ccc(SC(C)C(=O)Nc2ccc(C)cc2C)cc1. The van der Waals surface area contributed by atoms with Crippen molar-refractivity contribution in [2.75, 3.05) is 32.0 Å². The second kappa shape index (κ2) is 15.7. The van der Waals surface area contributed by atoms with E-state index in [1.54, 1.807) is 54.6 Å². The minimum Gasteiger partial charge on any atom is -0.496 e. The zero-order valence-corrected chi connectivity index (χ0v) is 27.4. The van der Waals surface area contributed by atoms with Crippen LogP contribution in [-0.2, 0) is 9.59 Å². The smallest absolute Gasteiger partial charge is 0.272 e. The molecular formula is C36H37N3O6S.